The van der Waals surface area contributed by atoms with E-state index >= 15 is 0 Å². The molecule has 5 N–H and O–H groups in total. The molecule has 0 radical (unpaired) electrons. The van der Waals surface area contributed by atoms with Gasteiger partial charge in [0.25, 0.3) is 0 Å². The Bertz CT molecular complexity index is 1120. The van der Waals surface area contributed by atoms with Gasteiger partial charge in [0, 0.05) is 42.1 Å². The van der Waals surface area contributed by atoms with E-state index in [1.54, 1.807) is 6.92 Å². The second-order valence-electron chi connectivity index (χ2n) is 11.8. The normalized spacial score (nSPS) is 21.6. The van der Waals surface area contributed by atoms with Crippen LogP contribution in [0, 0.1) is 5.41 Å². The molecule has 0 spiro atoms. The molecule has 2 aliphatic heterocycles. The van der Waals surface area contributed by atoms with Crippen molar-refractivity contribution in [2.45, 2.75) is 94.1 Å². The summed E-state index contributed by atoms with van der Waals surface area (Å²) in [5, 5.41) is 14.9. The van der Waals surface area contributed by atoms with Gasteiger partial charge in [-0.15, -0.1) is 23.2 Å². The van der Waals surface area contributed by atoms with Crippen LogP contribution in [-0.2, 0) is 25.6 Å². The Hall–Kier alpha value is -2.50. The molecule has 44 heavy (non-hydrogen) atoms. The monoisotopic (exact) mass is 669 g/mol. The third kappa shape index (κ3) is 11.1. The fourth-order valence-electron chi connectivity index (χ4n) is 5.38. The largest absolute Gasteiger partial charge is 0.356 e. The third-order valence-electron chi connectivity index (χ3n) is 8.23. The fourth-order valence-corrected chi connectivity index (χ4v) is 7.59. The summed E-state index contributed by atoms with van der Waals surface area (Å²) in [5.74, 6) is 0.410. The van der Waals surface area contributed by atoms with Crippen molar-refractivity contribution >= 4 is 65.0 Å². The Morgan fingerprint density at radius 3 is 2.57 bits per heavy atom. The van der Waals surface area contributed by atoms with E-state index in [2.05, 4.69) is 26.6 Å². The van der Waals surface area contributed by atoms with Gasteiger partial charge in [-0.1, -0.05) is 36.8 Å². The summed E-state index contributed by atoms with van der Waals surface area (Å²) in [6.45, 7) is 2.20. The second kappa shape index (κ2) is 18.5. The number of aldehydes is 1. The van der Waals surface area contributed by atoms with Crippen LogP contribution in [0.1, 0.15) is 63.9 Å². The number of halogens is 2. The van der Waals surface area contributed by atoms with E-state index in [-0.39, 0.29) is 48.1 Å². The van der Waals surface area contributed by atoms with E-state index in [1.807, 2.05) is 42.1 Å². The first-order valence-electron chi connectivity index (χ1n) is 15.4. The maximum Gasteiger partial charge on any atom is 0.315 e. The van der Waals surface area contributed by atoms with Crippen molar-refractivity contribution in [1.82, 2.24) is 26.6 Å². The minimum atomic E-state index is -0.933. The van der Waals surface area contributed by atoms with Gasteiger partial charge in [-0.05, 0) is 51.0 Å². The molecular weight excluding hydrogens is 625 g/mol. The van der Waals surface area contributed by atoms with Crippen molar-refractivity contribution in [3.8, 4) is 0 Å². The van der Waals surface area contributed by atoms with Crippen molar-refractivity contribution < 1.29 is 24.0 Å². The molecule has 0 aliphatic carbocycles. The van der Waals surface area contributed by atoms with Crippen LogP contribution in [-0.4, -0.2) is 83.5 Å². The van der Waals surface area contributed by atoms with Gasteiger partial charge in [0.05, 0.1) is 23.5 Å². The average Bonchev–Trinajstić information content (AvgIpc) is 3.57. The highest BCUT2D eigenvalue weighted by Crippen LogP contribution is 2.33. The van der Waals surface area contributed by atoms with Crippen molar-refractivity contribution in [1.29, 1.82) is 0 Å². The zero-order valence-corrected chi connectivity index (χ0v) is 27.6. The lowest BCUT2D eigenvalue weighted by molar-refractivity contribution is -0.134. The summed E-state index contributed by atoms with van der Waals surface area (Å²) in [6, 6.07) is 8.01. The lowest BCUT2D eigenvalue weighted by Gasteiger charge is -2.28. The zero-order valence-electron chi connectivity index (χ0n) is 25.2. The van der Waals surface area contributed by atoms with E-state index in [1.165, 1.54) is 0 Å². The molecule has 2 aliphatic rings. The Kier molecular flexibility index (Phi) is 15.1. The minimum absolute atomic E-state index is 0.00404. The molecule has 1 unspecified atom stereocenters. The van der Waals surface area contributed by atoms with Crippen LogP contribution in [0.3, 0.4) is 0 Å². The van der Waals surface area contributed by atoms with Crippen LogP contribution in [0.15, 0.2) is 30.3 Å². The number of nitrogens with one attached hydrogen (secondary N) is 5. The lowest BCUT2D eigenvalue weighted by atomic mass is 9.88. The molecule has 244 valence electrons. The number of hydrogen-bond acceptors (Lipinski definition) is 6. The highest BCUT2D eigenvalue weighted by atomic mass is 35.5. The van der Waals surface area contributed by atoms with Gasteiger partial charge in [0.2, 0.25) is 17.7 Å². The molecule has 2 saturated heterocycles. The molecule has 3 rings (SSSR count). The van der Waals surface area contributed by atoms with Crippen molar-refractivity contribution in [3.63, 3.8) is 0 Å². The summed E-state index contributed by atoms with van der Waals surface area (Å²) in [5.41, 5.74) is -0.0696. The van der Waals surface area contributed by atoms with Gasteiger partial charge in [0.15, 0.2) is 0 Å². The molecule has 6 atom stereocenters. The number of alkyl halides is 2. The first-order valence-corrected chi connectivity index (χ1v) is 17.5. The quantitative estimate of drug-likeness (QED) is 0.0624. The smallest absolute Gasteiger partial charge is 0.315 e. The molecule has 1 aromatic carbocycles. The van der Waals surface area contributed by atoms with Crippen LogP contribution in [0.25, 0.3) is 0 Å². The molecule has 13 heteroatoms. The molecule has 2 heterocycles. The number of hydrogen-bond donors (Lipinski definition) is 5. The van der Waals surface area contributed by atoms with Crippen molar-refractivity contribution in [3.05, 3.63) is 35.9 Å². The lowest BCUT2D eigenvalue weighted by Crippen LogP contribution is -2.54. The van der Waals surface area contributed by atoms with Gasteiger partial charge in [0.1, 0.15) is 12.3 Å². The van der Waals surface area contributed by atoms with Gasteiger partial charge >= 0.3 is 6.03 Å². The summed E-state index contributed by atoms with van der Waals surface area (Å²) in [7, 11) is 0. The van der Waals surface area contributed by atoms with E-state index < -0.39 is 23.4 Å². The first-order chi connectivity index (χ1) is 21.2. The van der Waals surface area contributed by atoms with Crippen molar-refractivity contribution in [2.24, 2.45) is 5.41 Å². The standard InChI is InChI=1S/C31H45Cl2N5O5S/c1-31(20-33,14-15-32)29(42)36-23(17-21-9-3-2-4-10-21)28(41)35-22(18-39)11-7-8-16-34-26(40)13-6-5-12-25-27-24(19-44-25)37-30(43)38-27/h2-4,9-10,18,22-25,27H,5-8,11-17,19-20H2,1H3,(H,34,40)(H,35,41)(H,36,42)(H2,37,38,43)/t22-,23-,24-,25-,27-,31?/m0/s1. The Balaban J connectivity index is 1.36. The number of thioether (sulfide) groups is 1. The van der Waals surface area contributed by atoms with Crippen LogP contribution in [0.2, 0.25) is 0 Å². The molecule has 0 saturated carbocycles. The first kappa shape index (κ1) is 36.0. The van der Waals surface area contributed by atoms with Crippen LogP contribution in [0.5, 0.6) is 0 Å². The summed E-state index contributed by atoms with van der Waals surface area (Å²) < 4.78 is 0. The fraction of sp³-hybridized carbons (Fsp3) is 0.645. The molecule has 2 fully saturated rings. The van der Waals surface area contributed by atoms with Crippen LogP contribution < -0.4 is 26.6 Å². The Morgan fingerprint density at radius 1 is 1.09 bits per heavy atom. The SMILES string of the molecule is CC(CCl)(CCCl)C(=O)N[C@@H](Cc1ccccc1)C(=O)N[C@H](C=O)CCCCNC(=O)CCCC[C@@H]1SC[C@@H]2NC(=O)N[C@@H]21. The molecular formula is C31H45Cl2N5O5S. The predicted molar refractivity (Wildman–Crippen MR) is 175 cm³/mol. The molecule has 5 amide bonds. The average molecular weight is 671 g/mol. The highest BCUT2D eigenvalue weighted by molar-refractivity contribution is 8.00. The summed E-state index contributed by atoms with van der Waals surface area (Å²) in [4.78, 5) is 61.9. The molecule has 1 aromatic rings. The minimum Gasteiger partial charge on any atom is -0.356 e. The van der Waals surface area contributed by atoms with Gasteiger partial charge < -0.3 is 31.4 Å². The van der Waals surface area contributed by atoms with Crippen LogP contribution in [0.4, 0.5) is 4.79 Å². The maximum absolute atomic E-state index is 13.3. The number of fused-ring (bicyclic) bond motifs is 1. The molecule has 0 bridgehead atoms. The summed E-state index contributed by atoms with van der Waals surface area (Å²) >= 11 is 13.8. The van der Waals surface area contributed by atoms with Gasteiger partial charge in [-0.3, -0.25) is 14.4 Å². The van der Waals surface area contributed by atoms with Gasteiger partial charge in [-0.25, -0.2) is 4.79 Å². The van der Waals surface area contributed by atoms with E-state index in [0.717, 1.165) is 30.6 Å². The Morgan fingerprint density at radius 2 is 1.86 bits per heavy atom. The van der Waals surface area contributed by atoms with E-state index in [4.69, 9.17) is 23.2 Å². The molecule has 0 aromatic heterocycles. The zero-order chi connectivity index (χ0) is 32.0. The number of unbranched alkanes of at least 4 members (excludes halogenated alkanes) is 2. The number of amides is 5. The maximum atomic E-state index is 13.3. The predicted octanol–water partition coefficient (Wildman–Crippen LogP) is 3.28. The Labute approximate surface area is 274 Å². The van der Waals surface area contributed by atoms with Crippen LogP contribution >= 0.6 is 35.0 Å². The number of urea groups is 1. The van der Waals surface area contributed by atoms with E-state index in [9.17, 15) is 24.0 Å². The molecule has 10 nitrogen and oxygen atoms in total. The van der Waals surface area contributed by atoms with E-state index in [0.29, 0.717) is 50.2 Å². The van der Waals surface area contributed by atoms with Gasteiger partial charge in [-0.2, -0.15) is 11.8 Å². The number of rotatable bonds is 20. The summed E-state index contributed by atoms with van der Waals surface area (Å²) in [6.07, 6.45) is 6.14. The second-order valence-corrected chi connectivity index (χ2v) is 13.7. The van der Waals surface area contributed by atoms with Crippen molar-refractivity contribution in [2.75, 3.05) is 24.1 Å². The number of carbonyl (C=O) groups is 5. The number of benzene rings is 1. The topological polar surface area (TPSA) is 146 Å². The number of carbonyl (C=O) groups excluding carboxylic acids is 5. The highest BCUT2D eigenvalue weighted by Gasteiger charge is 2.42. The third-order valence-corrected chi connectivity index (χ3v) is 10.5.